The van der Waals surface area contributed by atoms with E-state index in [1.165, 1.54) is 16.8 Å². The monoisotopic (exact) mass is 515 g/mol. The van der Waals surface area contributed by atoms with Gasteiger partial charge in [-0.1, -0.05) is 52.5 Å². The van der Waals surface area contributed by atoms with E-state index in [-0.39, 0.29) is 35.3 Å². The predicted octanol–water partition coefficient (Wildman–Crippen LogP) is 4.46. The summed E-state index contributed by atoms with van der Waals surface area (Å²) in [6.45, 7) is 7.14. The SMILES string of the molecule is CC1CCCC[C@@H](C)CCN2C(=O)c3c(O)c(=O)c(C(=O)NCc4ccc(F)cc4F)cn3C[C@@H]2C1C. The fraction of sp³-hybridized carbons (Fsp3) is 0.536. The maximum Gasteiger partial charge on any atom is 0.274 e. The molecular formula is C28H35F2N3O4. The molecular weight excluding hydrogens is 480 g/mol. The first-order chi connectivity index (χ1) is 17.6. The summed E-state index contributed by atoms with van der Waals surface area (Å²) < 4.78 is 28.7. The van der Waals surface area contributed by atoms with Crippen LogP contribution in [0, 0.1) is 29.4 Å². The van der Waals surface area contributed by atoms with Gasteiger partial charge in [-0.2, -0.15) is 0 Å². The van der Waals surface area contributed by atoms with E-state index in [0.29, 0.717) is 31.0 Å². The fourth-order valence-electron chi connectivity index (χ4n) is 5.53. The maximum atomic E-state index is 14.0. The van der Waals surface area contributed by atoms with Crippen molar-refractivity contribution in [3.63, 3.8) is 0 Å². The third-order valence-corrected chi connectivity index (χ3v) is 8.18. The number of nitrogens with zero attached hydrogens (tertiary/aromatic N) is 2. The van der Waals surface area contributed by atoms with Gasteiger partial charge in [0.05, 0.1) is 6.04 Å². The van der Waals surface area contributed by atoms with Crippen LogP contribution in [0.1, 0.15) is 79.3 Å². The largest absolute Gasteiger partial charge is 0.503 e. The molecule has 2 aliphatic rings. The van der Waals surface area contributed by atoms with E-state index in [4.69, 9.17) is 0 Å². The Bertz CT molecular complexity index is 1240. The van der Waals surface area contributed by atoms with E-state index in [0.717, 1.165) is 38.2 Å². The van der Waals surface area contributed by atoms with Crippen LogP contribution in [0.25, 0.3) is 0 Å². The molecule has 200 valence electrons. The minimum atomic E-state index is -0.956. The molecule has 7 nitrogen and oxygen atoms in total. The molecule has 0 saturated carbocycles. The molecule has 2 unspecified atom stereocenters. The van der Waals surface area contributed by atoms with Crippen molar-refractivity contribution in [2.24, 2.45) is 17.8 Å². The number of fused-ring (bicyclic) bond motifs is 2. The molecule has 0 spiro atoms. The van der Waals surface area contributed by atoms with Gasteiger partial charge < -0.3 is 19.9 Å². The lowest BCUT2D eigenvalue weighted by Crippen LogP contribution is -2.53. The van der Waals surface area contributed by atoms with E-state index in [1.807, 2.05) is 0 Å². The number of rotatable bonds is 3. The summed E-state index contributed by atoms with van der Waals surface area (Å²) in [4.78, 5) is 41.2. The molecule has 37 heavy (non-hydrogen) atoms. The van der Waals surface area contributed by atoms with Crippen molar-refractivity contribution >= 4 is 11.8 Å². The topological polar surface area (TPSA) is 91.6 Å². The highest BCUT2D eigenvalue weighted by Crippen LogP contribution is 2.33. The quantitative estimate of drug-likeness (QED) is 0.632. The van der Waals surface area contributed by atoms with Gasteiger partial charge in [-0.05, 0) is 30.2 Å². The molecule has 0 radical (unpaired) electrons. The van der Waals surface area contributed by atoms with Gasteiger partial charge in [-0.25, -0.2) is 8.78 Å². The molecule has 4 atom stereocenters. The minimum Gasteiger partial charge on any atom is -0.503 e. The summed E-state index contributed by atoms with van der Waals surface area (Å²) >= 11 is 0. The summed E-state index contributed by atoms with van der Waals surface area (Å²) in [5.74, 6) is -2.52. The van der Waals surface area contributed by atoms with Crippen LogP contribution in [-0.2, 0) is 13.1 Å². The molecule has 2 aromatic rings. The molecule has 1 aromatic carbocycles. The molecule has 1 fully saturated rings. The second-order valence-electron chi connectivity index (χ2n) is 10.7. The highest BCUT2D eigenvalue weighted by Gasteiger charge is 2.39. The molecule has 9 heteroatoms. The Morgan fingerprint density at radius 1 is 1.11 bits per heavy atom. The Labute approximate surface area is 215 Å². The van der Waals surface area contributed by atoms with Gasteiger partial charge in [-0.3, -0.25) is 14.4 Å². The van der Waals surface area contributed by atoms with E-state index in [9.17, 15) is 28.3 Å². The number of carbonyl (C=O) groups is 2. The van der Waals surface area contributed by atoms with Crippen LogP contribution >= 0.6 is 0 Å². The van der Waals surface area contributed by atoms with Gasteiger partial charge in [0.15, 0.2) is 11.4 Å². The maximum absolute atomic E-state index is 14.0. The van der Waals surface area contributed by atoms with Gasteiger partial charge in [0.25, 0.3) is 11.8 Å². The summed E-state index contributed by atoms with van der Waals surface area (Å²) in [7, 11) is 0. The first kappa shape index (κ1) is 26.8. The number of hydrogen-bond acceptors (Lipinski definition) is 4. The lowest BCUT2D eigenvalue weighted by molar-refractivity contribution is 0.0427. The van der Waals surface area contributed by atoms with Crippen molar-refractivity contribution < 1.29 is 23.5 Å². The highest BCUT2D eigenvalue weighted by molar-refractivity contribution is 5.99. The summed E-state index contributed by atoms with van der Waals surface area (Å²) in [6, 6.07) is 2.85. The first-order valence-corrected chi connectivity index (χ1v) is 13.1. The van der Waals surface area contributed by atoms with Gasteiger partial charge >= 0.3 is 0 Å². The number of amides is 2. The predicted molar refractivity (Wildman–Crippen MR) is 135 cm³/mol. The van der Waals surface area contributed by atoms with E-state index in [1.54, 1.807) is 4.90 Å². The van der Waals surface area contributed by atoms with Crippen LogP contribution in [-0.4, -0.2) is 39.0 Å². The minimum absolute atomic E-state index is 0.0531. The van der Waals surface area contributed by atoms with Crippen LogP contribution in [0.2, 0.25) is 0 Å². The number of nitrogens with one attached hydrogen (secondary N) is 1. The van der Waals surface area contributed by atoms with E-state index in [2.05, 4.69) is 26.1 Å². The second kappa shape index (κ2) is 11.0. The van der Waals surface area contributed by atoms with Crippen molar-refractivity contribution in [3.8, 4) is 5.75 Å². The number of pyridine rings is 1. The Balaban J connectivity index is 1.65. The smallest absolute Gasteiger partial charge is 0.274 e. The average molecular weight is 516 g/mol. The molecule has 2 amide bonds. The Hall–Kier alpha value is -3.23. The zero-order chi connectivity index (χ0) is 26.9. The Kier molecular flexibility index (Phi) is 7.99. The third-order valence-electron chi connectivity index (χ3n) is 8.18. The summed E-state index contributed by atoms with van der Waals surface area (Å²) in [6.07, 6.45) is 6.62. The zero-order valence-corrected chi connectivity index (χ0v) is 21.6. The van der Waals surface area contributed by atoms with Crippen LogP contribution < -0.4 is 10.7 Å². The van der Waals surface area contributed by atoms with Crippen LogP contribution in [0.3, 0.4) is 0 Å². The first-order valence-electron chi connectivity index (χ1n) is 13.1. The van der Waals surface area contributed by atoms with Crippen molar-refractivity contribution in [2.45, 2.75) is 72.0 Å². The average Bonchev–Trinajstić information content (AvgIpc) is 2.88. The molecule has 0 aliphatic carbocycles. The van der Waals surface area contributed by atoms with Gasteiger partial charge in [0.1, 0.15) is 17.2 Å². The molecule has 3 heterocycles. The van der Waals surface area contributed by atoms with Gasteiger partial charge in [-0.15, -0.1) is 0 Å². The van der Waals surface area contributed by atoms with Gasteiger partial charge in [0, 0.05) is 37.5 Å². The van der Waals surface area contributed by atoms with E-state index >= 15 is 0 Å². The van der Waals surface area contributed by atoms with Crippen molar-refractivity contribution in [2.75, 3.05) is 6.54 Å². The zero-order valence-electron chi connectivity index (χ0n) is 21.6. The van der Waals surface area contributed by atoms with Crippen LogP contribution in [0.4, 0.5) is 8.78 Å². The van der Waals surface area contributed by atoms with Crippen molar-refractivity contribution in [1.82, 2.24) is 14.8 Å². The highest BCUT2D eigenvalue weighted by atomic mass is 19.1. The lowest BCUT2D eigenvalue weighted by atomic mass is 9.83. The van der Waals surface area contributed by atoms with Crippen LogP contribution in [0.15, 0.2) is 29.2 Å². The molecule has 2 aliphatic heterocycles. The Morgan fingerprint density at radius 3 is 2.57 bits per heavy atom. The number of carbonyl (C=O) groups excluding carboxylic acids is 2. The number of hydrogen-bond donors (Lipinski definition) is 2. The molecule has 2 N–H and O–H groups in total. The molecule has 4 rings (SSSR count). The fourth-order valence-corrected chi connectivity index (χ4v) is 5.53. The number of halogens is 2. The summed E-state index contributed by atoms with van der Waals surface area (Å²) in [5, 5.41) is 13.2. The normalized spacial score (nSPS) is 24.6. The molecule has 1 aromatic heterocycles. The van der Waals surface area contributed by atoms with Gasteiger partial charge in [0.2, 0.25) is 5.43 Å². The standard InChI is InChI=1S/C28H35F2N3O4/c1-16-6-4-5-7-17(2)18(3)23-15-32-14-21(25(34)26(35)24(32)28(37)33(23)11-10-16)27(36)31-13-19-8-9-20(29)12-22(19)30/h8-9,12,14,16-18,23,35H,4-7,10-11,13,15H2,1-3H3,(H,31,36)/t16-,17?,18?,23-/m1/s1. The molecule has 1 saturated heterocycles. The summed E-state index contributed by atoms with van der Waals surface area (Å²) in [5.41, 5.74) is -1.35. The number of benzene rings is 1. The van der Waals surface area contributed by atoms with Crippen molar-refractivity contribution in [1.29, 1.82) is 0 Å². The van der Waals surface area contributed by atoms with Crippen molar-refractivity contribution in [3.05, 3.63) is 63.1 Å². The molecule has 0 bridgehead atoms. The number of aromatic nitrogens is 1. The van der Waals surface area contributed by atoms with Crippen LogP contribution in [0.5, 0.6) is 5.75 Å². The third kappa shape index (κ3) is 5.55. The second-order valence-corrected chi connectivity index (χ2v) is 10.7. The number of aromatic hydroxyl groups is 1. The Morgan fingerprint density at radius 2 is 1.84 bits per heavy atom. The van der Waals surface area contributed by atoms with E-state index < -0.39 is 34.6 Å². The lowest BCUT2D eigenvalue weighted by Gasteiger charge is -2.43.